The van der Waals surface area contributed by atoms with Gasteiger partial charge in [0.2, 0.25) is 0 Å². The molecule has 1 fully saturated rings. The number of nitrogens with one attached hydrogen (secondary N) is 1. The summed E-state index contributed by atoms with van der Waals surface area (Å²) in [6.45, 7) is 1.54. The third-order valence-corrected chi connectivity index (χ3v) is 3.75. The van der Waals surface area contributed by atoms with Gasteiger partial charge in [-0.2, -0.15) is 5.10 Å². The lowest BCUT2D eigenvalue weighted by atomic mass is 10.1. The normalized spacial score (nSPS) is 22.9. The van der Waals surface area contributed by atoms with E-state index >= 15 is 0 Å². The SMILES string of the molecule is CC1CN(c2n[nH]c3cccc(Cl)c23)CC1(F)F. The Labute approximate surface area is 108 Å². The molecule has 2 aromatic rings. The maximum Gasteiger partial charge on any atom is 0.269 e. The molecule has 0 saturated carbocycles. The lowest BCUT2D eigenvalue weighted by molar-refractivity contribution is -0.0137. The van der Waals surface area contributed by atoms with Crippen molar-refractivity contribution >= 4 is 28.3 Å². The van der Waals surface area contributed by atoms with Gasteiger partial charge in [-0.3, -0.25) is 5.10 Å². The van der Waals surface area contributed by atoms with Crippen LogP contribution in [0.15, 0.2) is 18.2 Å². The molecule has 0 amide bonds. The fourth-order valence-electron chi connectivity index (χ4n) is 2.34. The van der Waals surface area contributed by atoms with Gasteiger partial charge in [-0.1, -0.05) is 24.6 Å². The Morgan fingerprint density at radius 2 is 2.28 bits per heavy atom. The predicted octanol–water partition coefficient (Wildman–Crippen LogP) is 3.31. The van der Waals surface area contributed by atoms with Gasteiger partial charge in [0.05, 0.1) is 22.5 Å². The first-order valence-electron chi connectivity index (χ1n) is 5.74. The minimum Gasteiger partial charge on any atom is -0.348 e. The van der Waals surface area contributed by atoms with E-state index in [1.165, 1.54) is 0 Å². The molecule has 96 valence electrons. The highest BCUT2D eigenvalue weighted by atomic mass is 35.5. The standard InChI is InChI=1S/C12H12ClF2N3/c1-7-5-18(6-12(7,14)15)11-10-8(13)3-2-4-9(10)16-17-11/h2-4,7H,5-6H2,1H3,(H,16,17). The van der Waals surface area contributed by atoms with Crippen molar-refractivity contribution < 1.29 is 8.78 Å². The molecule has 1 aliphatic rings. The summed E-state index contributed by atoms with van der Waals surface area (Å²) in [7, 11) is 0. The molecule has 0 bridgehead atoms. The number of alkyl halides is 2. The van der Waals surface area contributed by atoms with Crippen molar-refractivity contribution in [2.75, 3.05) is 18.0 Å². The summed E-state index contributed by atoms with van der Waals surface area (Å²) in [5.74, 6) is -2.83. The fraction of sp³-hybridized carbons (Fsp3) is 0.417. The second-order valence-electron chi connectivity index (χ2n) is 4.75. The predicted molar refractivity (Wildman–Crippen MR) is 67.4 cm³/mol. The molecule has 1 unspecified atom stereocenters. The van der Waals surface area contributed by atoms with Gasteiger partial charge >= 0.3 is 0 Å². The van der Waals surface area contributed by atoms with Crippen molar-refractivity contribution in [2.24, 2.45) is 5.92 Å². The highest BCUT2D eigenvalue weighted by Crippen LogP contribution is 2.38. The summed E-state index contributed by atoms with van der Waals surface area (Å²) in [6, 6.07) is 5.36. The zero-order chi connectivity index (χ0) is 12.9. The van der Waals surface area contributed by atoms with E-state index in [1.54, 1.807) is 24.0 Å². The van der Waals surface area contributed by atoms with Crippen molar-refractivity contribution in [3.05, 3.63) is 23.2 Å². The number of halogens is 3. The van der Waals surface area contributed by atoms with Crippen LogP contribution in [-0.2, 0) is 0 Å². The molecule has 0 radical (unpaired) electrons. The van der Waals surface area contributed by atoms with E-state index in [4.69, 9.17) is 11.6 Å². The molecule has 6 heteroatoms. The summed E-state index contributed by atoms with van der Waals surface area (Å²) < 4.78 is 27.1. The first-order chi connectivity index (χ1) is 8.49. The number of fused-ring (bicyclic) bond motifs is 1. The third-order valence-electron chi connectivity index (χ3n) is 3.44. The molecule has 1 saturated heterocycles. The smallest absolute Gasteiger partial charge is 0.269 e. The maximum absolute atomic E-state index is 13.6. The first-order valence-corrected chi connectivity index (χ1v) is 6.12. The maximum atomic E-state index is 13.6. The van der Waals surface area contributed by atoms with Crippen molar-refractivity contribution in [1.82, 2.24) is 10.2 Å². The number of anilines is 1. The second kappa shape index (κ2) is 3.82. The number of hydrogen-bond donors (Lipinski definition) is 1. The van der Waals surface area contributed by atoms with E-state index in [0.717, 1.165) is 5.52 Å². The monoisotopic (exact) mass is 271 g/mol. The van der Waals surface area contributed by atoms with Gasteiger partial charge in [0.1, 0.15) is 0 Å². The van der Waals surface area contributed by atoms with Gasteiger partial charge in [0.25, 0.3) is 5.92 Å². The Morgan fingerprint density at radius 1 is 1.50 bits per heavy atom. The van der Waals surface area contributed by atoms with E-state index in [0.29, 0.717) is 16.2 Å². The molecular weight excluding hydrogens is 260 g/mol. The fourth-order valence-corrected chi connectivity index (χ4v) is 2.60. The average molecular weight is 272 g/mol. The Kier molecular flexibility index (Phi) is 2.48. The van der Waals surface area contributed by atoms with Crippen molar-refractivity contribution in [3.63, 3.8) is 0 Å². The molecule has 1 atom stereocenters. The van der Waals surface area contributed by atoms with Gasteiger partial charge < -0.3 is 4.90 Å². The van der Waals surface area contributed by atoms with Gasteiger partial charge in [0, 0.05) is 12.5 Å². The van der Waals surface area contributed by atoms with E-state index in [1.807, 2.05) is 6.07 Å². The van der Waals surface area contributed by atoms with Crippen LogP contribution in [0.25, 0.3) is 10.9 Å². The van der Waals surface area contributed by atoms with Gasteiger partial charge in [-0.25, -0.2) is 8.78 Å². The summed E-state index contributed by atoms with van der Waals surface area (Å²) in [6.07, 6.45) is 0. The van der Waals surface area contributed by atoms with Gasteiger partial charge in [-0.05, 0) is 12.1 Å². The molecule has 0 spiro atoms. The number of nitrogens with zero attached hydrogens (tertiary/aromatic N) is 2. The Bertz CT molecular complexity index is 596. The van der Waals surface area contributed by atoms with Crippen LogP contribution in [0, 0.1) is 5.92 Å². The van der Waals surface area contributed by atoms with E-state index < -0.39 is 11.8 Å². The van der Waals surface area contributed by atoms with Crippen molar-refractivity contribution in [3.8, 4) is 0 Å². The van der Waals surface area contributed by atoms with Crippen LogP contribution in [-0.4, -0.2) is 29.2 Å². The molecule has 3 nitrogen and oxygen atoms in total. The summed E-state index contributed by atoms with van der Waals surface area (Å²) in [5, 5.41) is 8.19. The van der Waals surface area contributed by atoms with Gasteiger partial charge in [-0.15, -0.1) is 0 Å². The molecule has 1 aromatic heterocycles. The van der Waals surface area contributed by atoms with Crippen LogP contribution in [0.3, 0.4) is 0 Å². The number of aromatic nitrogens is 2. The molecule has 1 aliphatic heterocycles. The van der Waals surface area contributed by atoms with Crippen LogP contribution in [0.1, 0.15) is 6.92 Å². The molecule has 2 heterocycles. The molecular formula is C12H12ClF2N3. The minimum absolute atomic E-state index is 0.290. The third kappa shape index (κ3) is 1.65. The van der Waals surface area contributed by atoms with Gasteiger partial charge in [0.15, 0.2) is 5.82 Å². The van der Waals surface area contributed by atoms with E-state index in [9.17, 15) is 8.78 Å². The number of hydrogen-bond acceptors (Lipinski definition) is 2. The zero-order valence-corrected chi connectivity index (χ0v) is 10.5. The number of H-pyrrole nitrogens is 1. The number of aromatic amines is 1. The minimum atomic E-state index is -2.67. The lowest BCUT2D eigenvalue weighted by Gasteiger charge is -2.15. The average Bonchev–Trinajstić information content (AvgIpc) is 2.82. The highest BCUT2D eigenvalue weighted by Gasteiger charge is 2.46. The topological polar surface area (TPSA) is 31.9 Å². The Balaban J connectivity index is 2.06. The van der Waals surface area contributed by atoms with Crippen molar-refractivity contribution in [1.29, 1.82) is 0 Å². The summed E-state index contributed by atoms with van der Waals surface area (Å²) >= 11 is 6.12. The Hall–Kier alpha value is -1.36. The number of rotatable bonds is 1. The van der Waals surface area contributed by atoms with E-state index in [2.05, 4.69) is 10.2 Å². The molecule has 1 N–H and O–H groups in total. The van der Waals surface area contributed by atoms with Crippen LogP contribution < -0.4 is 4.90 Å². The van der Waals surface area contributed by atoms with Crippen LogP contribution in [0.4, 0.5) is 14.6 Å². The second-order valence-corrected chi connectivity index (χ2v) is 5.16. The highest BCUT2D eigenvalue weighted by molar-refractivity contribution is 6.36. The molecule has 1 aromatic carbocycles. The molecule has 3 rings (SSSR count). The Morgan fingerprint density at radius 3 is 2.94 bits per heavy atom. The number of benzene rings is 1. The van der Waals surface area contributed by atoms with Crippen molar-refractivity contribution in [2.45, 2.75) is 12.8 Å². The summed E-state index contributed by atoms with van der Waals surface area (Å²) in [5.41, 5.74) is 0.764. The van der Waals surface area contributed by atoms with Crippen LogP contribution in [0.2, 0.25) is 5.02 Å². The first kappa shape index (κ1) is 11.7. The van der Waals surface area contributed by atoms with Crippen LogP contribution in [0.5, 0.6) is 0 Å². The van der Waals surface area contributed by atoms with E-state index in [-0.39, 0.29) is 13.1 Å². The largest absolute Gasteiger partial charge is 0.348 e. The lowest BCUT2D eigenvalue weighted by Crippen LogP contribution is -2.26. The molecule has 0 aliphatic carbocycles. The molecule has 18 heavy (non-hydrogen) atoms. The summed E-state index contributed by atoms with van der Waals surface area (Å²) in [4.78, 5) is 1.59. The van der Waals surface area contributed by atoms with Crippen LogP contribution >= 0.6 is 11.6 Å². The zero-order valence-electron chi connectivity index (χ0n) is 9.75. The quantitative estimate of drug-likeness (QED) is 0.863.